The zero-order valence-electron chi connectivity index (χ0n) is 14.7. The molecule has 2 N–H and O–H groups in total. The van der Waals surface area contributed by atoms with Crippen LogP contribution in [0.3, 0.4) is 0 Å². The first kappa shape index (κ1) is 20.5. The van der Waals surface area contributed by atoms with Crippen molar-refractivity contribution in [2.24, 2.45) is 4.99 Å². The molecule has 2 heterocycles. The lowest BCUT2D eigenvalue weighted by atomic mass is 10.1. The molecule has 1 aromatic rings. The molecule has 136 valence electrons. The quantitative estimate of drug-likeness (QED) is 0.411. The summed E-state index contributed by atoms with van der Waals surface area (Å²) in [5, 5.41) is 10.7. The van der Waals surface area contributed by atoms with E-state index in [-0.39, 0.29) is 36.1 Å². The van der Waals surface area contributed by atoms with Gasteiger partial charge in [0.05, 0.1) is 12.6 Å². The molecule has 0 aliphatic carbocycles. The summed E-state index contributed by atoms with van der Waals surface area (Å²) in [6, 6.07) is 2.09. The standard InChI is InChI=1S/C15H26N6O2.HI/c1-15(2,3)23-14(22)20-10-12(11-20)19-13(16-4)17-7-9-21-8-5-6-18-21;/h5-6,8,12H,7,9-11H2,1-4H3,(H2,16,17,19);1H. The molecule has 1 aliphatic rings. The molecular formula is C15H27IN6O2. The van der Waals surface area contributed by atoms with Crippen LogP contribution in [0.5, 0.6) is 0 Å². The molecule has 24 heavy (non-hydrogen) atoms. The summed E-state index contributed by atoms with van der Waals surface area (Å²) in [5.41, 5.74) is -0.459. The van der Waals surface area contributed by atoms with Gasteiger partial charge >= 0.3 is 6.09 Å². The van der Waals surface area contributed by atoms with E-state index in [0.29, 0.717) is 13.1 Å². The van der Waals surface area contributed by atoms with Crippen molar-refractivity contribution in [3.63, 3.8) is 0 Å². The molecule has 1 saturated heterocycles. The van der Waals surface area contributed by atoms with E-state index < -0.39 is 5.60 Å². The number of likely N-dealkylation sites (tertiary alicyclic amines) is 1. The highest BCUT2D eigenvalue weighted by Crippen LogP contribution is 2.15. The molecule has 1 aliphatic heterocycles. The minimum Gasteiger partial charge on any atom is -0.444 e. The van der Waals surface area contributed by atoms with Crippen molar-refractivity contribution < 1.29 is 9.53 Å². The third kappa shape index (κ3) is 6.54. The molecule has 9 heteroatoms. The number of halogens is 1. The van der Waals surface area contributed by atoms with E-state index >= 15 is 0 Å². The number of hydrogen-bond acceptors (Lipinski definition) is 4. The minimum atomic E-state index is -0.459. The Morgan fingerprint density at radius 3 is 2.67 bits per heavy atom. The van der Waals surface area contributed by atoms with Gasteiger partial charge in [-0.1, -0.05) is 0 Å². The van der Waals surface area contributed by atoms with Gasteiger partial charge in [0.15, 0.2) is 5.96 Å². The fourth-order valence-corrected chi connectivity index (χ4v) is 2.15. The highest BCUT2D eigenvalue weighted by atomic mass is 127. The van der Waals surface area contributed by atoms with Crippen LogP contribution in [0, 0.1) is 0 Å². The Bertz CT molecular complexity index is 535. The number of ether oxygens (including phenoxy) is 1. The van der Waals surface area contributed by atoms with Gasteiger partial charge in [0, 0.05) is 39.1 Å². The molecule has 0 atom stereocenters. The van der Waals surface area contributed by atoms with Crippen molar-refractivity contribution in [3.8, 4) is 0 Å². The molecular weight excluding hydrogens is 423 g/mol. The van der Waals surface area contributed by atoms with Gasteiger partial charge in [0.2, 0.25) is 0 Å². The van der Waals surface area contributed by atoms with Gasteiger partial charge in [0.25, 0.3) is 0 Å². The van der Waals surface area contributed by atoms with Crippen LogP contribution >= 0.6 is 24.0 Å². The summed E-state index contributed by atoms with van der Waals surface area (Å²) in [6.07, 6.45) is 3.41. The maximum Gasteiger partial charge on any atom is 0.410 e. The van der Waals surface area contributed by atoms with Crippen LogP contribution in [0.2, 0.25) is 0 Å². The SMILES string of the molecule is CN=C(NCCn1cccn1)NC1CN(C(=O)OC(C)(C)C)C1.I. The number of rotatable bonds is 4. The summed E-state index contributed by atoms with van der Waals surface area (Å²) >= 11 is 0. The lowest BCUT2D eigenvalue weighted by Crippen LogP contribution is -2.63. The van der Waals surface area contributed by atoms with E-state index in [1.165, 1.54) is 0 Å². The van der Waals surface area contributed by atoms with E-state index in [9.17, 15) is 4.79 Å². The zero-order valence-corrected chi connectivity index (χ0v) is 17.0. The second-order valence-corrected chi connectivity index (χ2v) is 6.49. The number of nitrogens with one attached hydrogen (secondary N) is 2. The second kappa shape index (κ2) is 9.09. The number of guanidine groups is 1. The average Bonchev–Trinajstić information content (AvgIpc) is 2.91. The lowest BCUT2D eigenvalue weighted by molar-refractivity contribution is 0.00701. The van der Waals surface area contributed by atoms with Gasteiger partial charge in [-0.05, 0) is 26.8 Å². The Balaban J connectivity index is 0.00000288. The molecule has 0 aromatic carbocycles. The second-order valence-electron chi connectivity index (χ2n) is 6.49. The molecule has 0 radical (unpaired) electrons. The molecule has 2 rings (SSSR count). The molecule has 0 bridgehead atoms. The smallest absolute Gasteiger partial charge is 0.410 e. The Labute approximate surface area is 160 Å². The molecule has 8 nitrogen and oxygen atoms in total. The van der Waals surface area contributed by atoms with Gasteiger partial charge in [-0.25, -0.2) is 4.79 Å². The highest BCUT2D eigenvalue weighted by Gasteiger charge is 2.34. The Morgan fingerprint density at radius 1 is 1.42 bits per heavy atom. The van der Waals surface area contributed by atoms with Gasteiger partial charge in [-0.2, -0.15) is 5.10 Å². The summed E-state index contributed by atoms with van der Waals surface area (Å²) in [4.78, 5) is 17.7. The van der Waals surface area contributed by atoms with Crippen molar-refractivity contribution in [2.45, 2.75) is 39.0 Å². The fraction of sp³-hybridized carbons (Fsp3) is 0.667. The van der Waals surface area contributed by atoms with Gasteiger partial charge in [-0.3, -0.25) is 9.67 Å². The molecule has 1 amide bonds. The minimum absolute atomic E-state index is 0. The van der Waals surface area contributed by atoms with E-state index in [1.807, 2.05) is 37.7 Å². The first-order valence-electron chi connectivity index (χ1n) is 7.80. The monoisotopic (exact) mass is 450 g/mol. The van der Waals surface area contributed by atoms with Crippen LogP contribution in [-0.4, -0.2) is 65.1 Å². The van der Waals surface area contributed by atoms with Crippen molar-refractivity contribution in [1.82, 2.24) is 25.3 Å². The number of hydrogen-bond donors (Lipinski definition) is 2. The van der Waals surface area contributed by atoms with Crippen molar-refractivity contribution in [2.75, 3.05) is 26.7 Å². The number of aliphatic imine (C=N–C) groups is 1. The van der Waals surface area contributed by atoms with E-state index in [0.717, 1.165) is 19.0 Å². The van der Waals surface area contributed by atoms with Crippen LogP contribution in [0.15, 0.2) is 23.5 Å². The molecule has 1 aromatic heterocycles. The summed E-state index contributed by atoms with van der Waals surface area (Å²) < 4.78 is 7.19. The predicted octanol–water partition coefficient (Wildman–Crippen LogP) is 1.29. The van der Waals surface area contributed by atoms with Gasteiger partial charge in [-0.15, -0.1) is 24.0 Å². The van der Waals surface area contributed by atoms with Gasteiger partial charge in [0.1, 0.15) is 5.60 Å². The molecule has 1 fully saturated rings. The molecule has 0 saturated carbocycles. The summed E-state index contributed by atoms with van der Waals surface area (Å²) in [7, 11) is 1.73. The number of carbonyl (C=O) groups is 1. The first-order valence-corrected chi connectivity index (χ1v) is 7.80. The predicted molar refractivity (Wildman–Crippen MR) is 104 cm³/mol. The largest absolute Gasteiger partial charge is 0.444 e. The average molecular weight is 450 g/mol. The van der Waals surface area contributed by atoms with Crippen molar-refractivity contribution in [3.05, 3.63) is 18.5 Å². The summed E-state index contributed by atoms with van der Waals surface area (Å²) in [5.74, 6) is 0.728. The highest BCUT2D eigenvalue weighted by molar-refractivity contribution is 14.0. The molecule has 0 unspecified atom stereocenters. The number of aromatic nitrogens is 2. The van der Waals surface area contributed by atoms with E-state index in [2.05, 4.69) is 20.7 Å². The van der Waals surface area contributed by atoms with Crippen LogP contribution in [0.1, 0.15) is 20.8 Å². The van der Waals surface area contributed by atoms with Crippen LogP contribution in [0.25, 0.3) is 0 Å². The van der Waals surface area contributed by atoms with Crippen molar-refractivity contribution in [1.29, 1.82) is 0 Å². The van der Waals surface area contributed by atoms with Crippen molar-refractivity contribution >= 4 is 36.0 Å². The van der Waals surface area contributed by atoms with Crippen LogP contribution < -0.4 is 10.6 Å². The number of carbonyl (C=O) groups excluding carboxylic acids is 1. The Kier molecular flexibility index (Phi) is 7.77. The first-order chi connectivity index (χ1) is 10.9. The van der Waals surface area contributed by atoms with Crippen LogP contribution in [0.4, 0.5) is 4.79 Å². The third-order valence-corrected chi connectivity index (χ3v) is 3.29. The fourth-order valence-electron chi connectivity index (χ4n) is 2.15. The van der Waals surface area contributed by atoms with Gasteiger partial charge < -0.3 is 20.3 Å². The topological polar surface area (TPSA) is 83.8 Å². The Hall–Kier alpha value is -1.52. The zero-order chi connectivity index (χ0) is 16.9. The normalized spacial score (nSPS) is 15.3. The number of amides is 1. The third-order valence-electron chi connectivity index (χ3n) is 3.29. The summed E-state index contributed by atoms with van der Waals surface area (Å²) in [6.45, 7) is 8.33. The van der Waals surface area contributed by atoms with E-state index in [1.54, 1.807) is 18.1 Å². The van der Waals surface area contributed by atoms with Crippen LogP contribution in [-0.2, 0) is 11.3 Å². The lowest BCUT2D eigenvalue weighted by Gasteiger charge is -2.40. The maximum absolute atomic E-state index is 11.9. The Morgan fingerprint density at radius 2 is 2.12 bits per heavy atom. The molecule has 0 spiro atoms. The maximum atomic E-state index is 11.9. The number of nitrogens with zero attached hydrogens (tertiary/aromatic N) is 4. The van der Waals surface area contributed by atoms with E-state index in [4.69, 9.17) is 4.74 Å².